The van der Waals surface area contributed by atoms with Gasteiger partial charge in [-0.2, -0.15) is 9.36 Å². The van der Waals surface area contributed by atoms with Crippen molar-refractivity contribution in [2.45, 2.75) is 56.4 Å². The lowest BCUT2D eigenvalue weighted by Crippen LogP contribution is -2.09. The fourth-order valence-corrected chi connectivity index (χ4v) is 2.87. The van der Waals surface area contributed by atoms with E-state index in [1.807, 2.05) is 0 Å². The molecule has 41 heavy (non-hydrogen) atoms. The van der Waals surface area contributed by atoms with Gasteiger partial charge in [0.1, 0.15) is 6.20 Å². The highest BCUT2D eigenvalue weighted by atomic mass is 16.6. The molecule has 3 aliphatic carbocycles. The van der Waals surface area contributed by atoms with Gasteiger partial charge in [-0.3, -0.25) is 10.1 Å². The predicted molar refractivity (Wildman–Crippen MR) is 141 cm³/mol. The lowest BCUT2D eigenvalue weighted by atomic mass is 9.81. The van der Waals surface area contributed by atoms with Crippen molar-refractivity contribution in [3.05, 3.63) is 71.2 Å². The zero-order valence-electron chi connectivity index (χ0n) is 21.3. The van der Waals surface area contributed by atoms with Crippen LogP contribution in [0.5, 0.6) is 0 Å². The first-order chi connectivity index (χ1) is 19.5. The molecule has 3 aliphatic rings. The van der Waals surface area contributed by atoms with Gasteiger partial charge in [-0.25, -0.2) is 0 Å². The Morgan fingerprint density at radius 3 is 1.71 bits per heavy atom. The van der Waals surface area contributed by atoms with Gasteiger partial charge in [-0.05, 0) is 46.3 Å². The Morgan fingerprint density at radius 1 is 0.829 bits per heavy atom. The number of nitro groups is 4. The van der Waals surface area contributed by atoms with Crippen molar-refractivity contribution >= 4 is 45.7 Å². The summed E-state index contributed by atoms with van der Waals surface area (Å²) in [6, 6.07) is 3.24. The number of rotatable bonds is 7. The normalized spacial score (nSPS) is 14.7. The maximum Gasteiger partial charge on any atom is 0.467 e. The highest BCUT2D eigenvalue weighted by Crippen LogP contribution is 2.38. The van der Waals surface area contributed by atoms with E-state index in [9.17, 15) is 40.5 Å². The number of hydrogen-bond donors (Lipinski definition) is 3. The molecule has 0 saturated heterocycles. The Kier molecular flexibility index (Phi) is 12.1. The number of hydrogen-bond acceptors (Lipinski definition) is 13. The standard InChI is InChI=1S/C6H6N4O4.C6H7N3O2.C3H7BO2.C3H3N3O2.B2/c11-9(12)5-3-8(4-1-2-4)7-6(5)10(13)14;10-9(11)6-3-4-8(7-6)5-1-2-5;5-4(6)3-1-2-3;7-6(8)3-1-2-4-5-3;1-2/h3-4H,1-2H2;3-5H,1-2H2;3,5-6H,1-2H2;1-2H,(H,4,5);. The average Bonchev–Trinajstić information content (AvgIpc) is 3.91. The van der Waals surface area contributed by atoms with Crippen LogP contribution >= 0.6 is 0 Å². The summed E-state index contributed by atoms with van der Waals surface area (Å²) in [5.74, 6) is -0.603. The number of aromatic nitrogens is 6. The summed E-state index contributed by atoms with van der Waals surface area (Å²) in [4.78, 5) is 38.2. The van der Waals surface area contributed by atoms with Gasteiger partial charge in [-0.1, -0.05) is 17.9 Å². The molecular weight excluding hydrogens is 549 g/mol. The number of H-pyrrole nitrogens is 1. The predicted octanol–water partition coefficient (Wildman–Crippen LogP) is 1.34. The zero-order chi connectivity index (χ0) is 30.7. The van der Waals surface area contributed by atoms with E-state index in [1.165, 1.54) is 23.0 Å². The number of nitrogens with zero attached hydrogens (tertiary/aromatic N) is 9. The summed E-state index contributed by atoms with van der Waals surface area (Å²) in [7, 11) is 6.96. The summed E-state index contributed by atoms with van der Waals surface area (Å²) in [5.41, 5.74) is -0.540. The van der Waals surface area contributed by atoms with Crippen molar-refractivity contribution < 1.29 is 29.7 Å². The molecular formula is C18H23B3N10O10. The Balaban J connectivity index is 0.000000195. The van der Waals surface area contributed by atoms with Crippen molar-refractivity contribution in [3.8, 4) is 0 Å². The SMILES string of the molecule is O=[N+]([O-])c1ccn(C2CC2)n1.O=[N+]([O-])c1ccn[nH]1.O=[N+]([O-])c1cn(C2CC2)nc1[N+](=O)[O-].OB(O)C1CC1.[B][B]. The van der Waals surface area contributed by atoms with Crippen LogP contribution in [0.25, 0.3) is 0 Å². The Bertz CT molecular complexity index is 1280. The third-order valence-corrected chi connectivity index (χ3v) is 5.41. The van der Waals surface area contributed by atoms with Crippen LogP contribution in [0.4, 0.5) is 23.1 Å². The molecule has 3 fully saturated rings. The van der Waals surface area contributed by atoms with E-state index in [4.69, 9.17) is 10.0 Å². The van der Waals surface area contributed by atoms with E-state index in [2.05, 4.69) is 35.9 Å². The summed E-state index contributed by atoms with van der Waals surface area (Å²) in [6.07, 6.45) is 10.0. The minimum atomic E-state index is -1.04. The first-order valence-corrected chi connectivity index (χ1v) is 11.9. The van der Waals surface area contributed by atoms with Crippen LogP contribution < -0.4 is 0 Å². The fraction of sp³-hybridized carbons (Fsp3) is 0.500. The molecule has 20 nitrogen and oxygen atoms in total. The van der Waals surface area contributed by atoms with Crippen LogP contribution in [0, 0.1) is 40.5 Å². The minimum absolute atomic E-state index is 0.0584. The second kappa shape index (κ2) is 15.2. The lowest BCUT2D eigenvalue weighted by Gasteiger charge is -1.86. The molecule has 0 spiro atoms. The molecule has 3 N–H and O–H groups in total. The summed E-state index contributed by atoms with van der Waals surface area (Å²) in [5, 5.41) is 70.2. The monoisotopic (exact) mass is 572 g/mol. The van der Waals surface area contributed by atoms with E-state index < -0.39 is 38.3 Å². The van der Waals surface area contributed by atoms with Gasteiger partial charge in [0.2, 0.25) is 0 Å². The quantitative estimate of drug-likeness (QED) is 0.205. The zero-order valence-corrected chi connectivity index (χ0v) is 21.3. The van der Waals surface area contributed by atoms with E-state index in [-0.39, 0.29) is 23.5 Å². The first kappa shape index (κ1) is 32.6. The molecule has 0 bridgehead atoms. The van der Waals surface area contributed by atoms with Crippen molar-refractivity contribution in [3.63, 3.8) is 0 Å². The molecule has 0 unspecified atom stereocenters. The van der Waals surface area contributed by atoms with Gasteiger partial charge < -0.3 is 40.4 Å². The summed E-state index contributed by atoms with van der Waals surface area (Å²) >= 11 is 0. The molecule has 3 aromatic heterocycles. The third-order valence-electron chi connectivity index (χ3n) is 5.41. The van der Waals surface area contributed by atoms with Crippen molar-refractivity contribution in [2.24, 2.45) is 0 Å². The first-order valence-electron chi connectivity index (χ1n) is 11.9. The molecule has 23 heteroatoms. The maximum atomic E-state index is 10.4. The van der Waals surface area contributed by atoms with Crippen LogP contribution in [0.1, 0.15) is 50.6 Å². The summed E-state index contributed by atoms with van der Waals surface area (Å²) in [6.45, 7) is 0. The Labute approximate surface area is 233 Å². The molecule has 4 radical (unpaired) electrons. The average molecular weight is 572 g/mol. The molecule has 6 rings (SSSR count). The van der Waals surface area contributed by atoms with Gasteiger partial charge in [0.25, 0.3) is 0 Å². The second-order valence-corrected chi connectivity index (χ2v) is 8.66. The van der Waals surface area contributed by atoms with Crippen molar-refractivity contribution in [1.29, 1.82) is 0 Å². The fourth-order valence-electron chi connectivity index (χ4n) is 2.87. The van der Waals surface area contributed by atoms with Crippen LogP contribution in [0.15, 0.2) is 30.7 Å². The maximum absolute atomic E-state index is 10.4. The van der Waals surface area contributed by atoms with E-state index in [0.29, 0.717) is 6.04 Å². The van der Waals surface area contributed by atoms with E-state index in [1.54, 1.807) is 10.9 Å². The van der Waals surface area contributed by atoms with Crippen LogP contribution in [0.2, 0.25) is 5.82 Å². The van der Waals surface area contributed by atoms with Gasteiger partial charge in [0, 0.05) is 15.5 Å². The molecule has 0 aliphatic heterocycles. The molecule has 0 amide bonds. The summed E-state index contributed by atoms with van der Waals surface area (Å²) < 4.78 is 2.97. The largest absolute Gasteiger partial charge is 0.467 e. The topological polar surface area (TPSA) is 277 Å². The van der Waals surface area contributed by atoms with E-state index >= 15 is 0 Å². The van der Waals surface area contributed by atoms with Crippen LogP contribution in [-0.4, -0.2) is 82.1 Å². The molecule has 214 valence electrons. The Hall–Kier alpha value is -4.66. The van der Waals surface area contributed by atoms with Crippen LogP contribution in [0.3, 0.4) is 0 Å². The van der Waals surface area contributed by atoms with Gasteiger partial charge in [-0.15, -0.1) is 5.10 Å². The smallest absolute Gasteiger partial charge is 0.427 e. The highest BCUT2D eigenvalue weighted by Gasteiger charge is 2.36. The van der Waals surface area contributed by atoms with Gasteiger partial charge >= 0.3 is 30.3 Å². The molecule has 0 aromatic carbocycles. The van der Waals surface area contributed by atoms with Crippen molar-refractivity contribution in [2.75, 3.05) is 0 Å². The highest BCUT2D eigenvalue weighted by molar-refractivity contribution is 6.75. The molecule has 3 saturated carbocycles. The van der Waals surface area contributed by atoms with Crippen LogP contribution in [-0.2, 0) is 0 Å². The second-order valence-electron chi connectivity index (χ2n) is 8.66. The number of aromatic amines is 1. The van der Waals surface area contributed by atoms with E-state index in [0.717, 1.165) is 44.7 Å². The van der Waals surface area contributed by atoms with Gasteiger partial charge in [0.05, 0.1) is 51.7 Å². The molecule has 3 aromatic rings. The number of nitrogens with one attached hydrogen (secondary N) is 1. The van der Waals surface area contributed by atoms with Gasteiger partial charge in [0.15, 0.2) is 0 Å². The Morgan fingerprint density at radius 2 is 1.41 bits per heavy atom. The lowest BCUT2D eigenvalue weighted by molar-refractivity contribution is -0.424. The molecule has 3 heterocycles. The third kappa shape index (κ3) is 10.8. The van der Waals surface area contributed by atoms with Crippen molar-refractivity contribution in [1.82, 2.24) is 29.8 Å². The molecule has 0 atom stereocenters. The minimum Gasteiger partial charge on any atom is -0.427 e.